The maximum Gasteiger partial charge on any atom is 0.472 e. The van der Waals surface area contributed by atoms with E-state index >= 15 is 0 Å². The van der Waals surface area contributed by atoms with E-state index < -0.39 is 76.7 Å². The summed E-state index contributed by atoms with van der Waals surface area (Å²) in [6.45, 7) is 7.01. The first-order chi connectivity index (χ1) is 30.6. The zero-order valence-corrected chi connectivity index (χ0v) is 42.0. The molecular weight excluding hydrogens is 1030 g/mol. The van der Waals surface area contributed by atoms with E-state index in [9.17, 15) is 38.1 Å². The van der Waals surface area contributed by atoms with E-state index in [0.717, 1.165) is 0 Å². The number of aromatic nitrogens is 8. The fourth-order valence-electron chi connectivity index (χ4n) is 7.27. The predicted molar refractivity (Wildman–Crippen MR) is 222 cm³/mol. The monoisotopic (exact) mass is 1080 g/mol. The van der Waals surface area contributed by atoms with Gasteiger partial charge in [0.1, 0.15) is 37.1 Å². The molecule has 0 aliphatic carbocycles. The second-order valence-electron chi connectivity index (χ2n) is 14.9. The molecule has 8 rings (SSSR count). The van der Waals surface area contributed by atoms with E-state index in [1.807, 2.05) is 27.7 Å². The summed E-state index contributed by atoms with van der Waals surface area (Å²) in [7, 11) is -8.61. The number of rotatable bonds is 14. The van der Waals surface area contributed by atoms with Gasteiger partial charge in [-0.2, -0.15) is 0 Å². The van der Waals surface area contributed by atoms with Gasteiger partial charge in [0.25, 0.3) is 0 Å². The molecular formula is C36H48BaN10O16P2. The van der Waals surface area contributed by atoms with E-state index in [0.29, 0.717) is 60.9 Å². The van der Waals surface area contributed by atoms with E-state index in [2.05, 4.69) is 40.5 Å². The molecule has 0 bridgehead atoms. The van der Waals surface area contributed by atoms with Crippen LogP contribution in [-0.4, -0.2) is 171 Å². The van der Waals surface area contributed by atoms with Crippen molar-refractivity contribution < 1.29 is 75.1 Å². The van der Waals surface area contributed by atoms with E-state index in [4.69, 9.17) is 37.0 Å². The van der Waals surface area contributed by atoms with Crippen molar-refractivity contribution in [2.24, 2.45) is 0 Å². The van der Waals surface area contributed by atoms with Crippen molar-refractivity contribution in [3.63, 3.8) is 0 Å². The van der Waals surface area contributed by atoms with Crippen LogP contribution in [0.15, 0.2) is 25.3 Å². The van der Waals surface area contributed by atoms with Crippen LogP contribution in [0.1, 0.15) is 91.5 Å². The molecule has 10 atom stereocenters. The summed E-state index contributed by atoms with van der Waals surface area (Å²) in [4.78, 5) is 93.3. The summed E-state index contributed by atoms with van der Waals surface area (Å²) >= 11 is 0. The first-order valence-electron chi connectivity index (χ1n) is 20.6. The maximum absolute atomic E-state index is 12.3. The van der Waals surface area contributed by atoms with Crippen LogP contribution in [-0.2, 0) is 65.4 Å². The van der Waals surface area contributed by atoms with Crippen LogP contribution in [0.4, 0.5) is 11.6 Å². The number of carbonyl (C=O) groups is 4. The summed E-state index contributed by atoms with van der Waals surface area (Å²) in [5, 5.41) is 5.41. The Labute approximate surface area is 410 Å². The average molecular weight is 1080 g/mol. The maximum atomic E-state index is 12.3. The zero-order valence-electron chi connectivity index (χ0n) is 35.8. The van der Waals surface area contributed by atoms with E-state index in [1.165, 1.54) is 34.4 Å². The van der Waals surface area contributed by atoms with Crippen molar-refractivity contribution in [2.45, 2.75) is 128 Å². The van der Waals surface area contributed by atoms with Gasteiger partial charge in [-0.05, 0) is 25.7 Å². The van der Waals surface area contributed by atoms with Crippen LogP contribution in [0.25, 0.3) is 22.3 Å². The molecule has 29 heteroatoms. The summed E-state index contributed by atoms with van der Waals surface area (Å²) in [6, 6.07) is 0. The molecule has 8 heterocycles. The Balaban J connectivity index is 0.000000212. The van der Waals surface area contributed by atoms with Gasteiger partial charge >= 0.3 is 27.6 Å². The van der Waals surface area contributed by atoms with Crippen LogP contribution in [0.2, 0.25) is 0 Å². The molecule has 26 nitrogen and oxygen atoms in total. The van der Waals surface area contributed by atoms with E-state index in [-0.39, 0.29) is 98.4 Å². The first kappa shape index (κ1) is 51.1. The Morgan fingerprint density at radius 2 is 1.03 bits per heavy atom. The standard InChI is InChI=1S/2C18H24N5O8P.Ba/c2*1-3-5-11(24)22-16-13-17(20-8-19-16)23(9-21-13)18-15(30-12(25)6-4-2)14-10(29-18)7-28-32(26,27)31-14;/h2*8-10,14-15,18H,3-7H2,1-2H3,(H,26,27)(H,19,20,22,24);/t2*10-,14-,15-,18-;/m11./s1. The van der Waals surface area contributed by atoms with Gasteiger partial charge in [0.05, 0.1) is 25.9 Å². The Kier molecular flexibility index (Phi) is 17.5. The minimum Gasteiger partial charge on any atom is -0.455 e. The topological polar surface area (TPSA) is 328 Å². The van der Waals surface area contributed by atoms with Crippen molar-refractivity contribution >= 4 is 122 Å². The van der Waals surface area contributed by atoms with Crippen molar-refractivity contribution in [3.8, 4) is 0 Å². The van der Waals surface area contributed by atoms with Crippen LogP contribution in [0, 0.1) is 0 Å². The second-order valence-corrected chi connectivity index (χ2v) is 17.7. The van der Waals surface area contributed by atoms with Gasteiger partial charge in [-0.25, -0.2) is 39.0 Å². The Morgan fingerprint density at radius 3 is 1.40 bits per heavy atom. The van der Waals surface area contributed by atoms with Crippen molar-refractivity contribution in [1.82, 2.24) is 39.0 Å². The molecule has 4 fully saturated rings. The minimum absolute atomic E-state index is 0. The zero-order chi connectivity index (χ0) is 45.8. The number of anilines is 2. The number of nitrogens with one attached hydrogen (secondary N) is 2. The molecule has 4 aliphatic heterocycles. The third-order valence-corrected chi connectivity index (χ3v) is 12.0. The SMILES string of the molecule is CCCC(=O)Nc1ncnc2c1ncn2[C@@H]1O[C@@H]2COP(=O)(O)O[C@H]2[C@H]1OC(=O)CCC.CCCC(=O)Nc1ncnc2c1ncn2[C@@H]1O[C@@H]2COP(=O)(O)O[C@H]2[C@H]1OC(=O)CCC.[Ba]. The number of hydrogen-bond acceptors (Lipinski definition) is 20. The summed E-state index contributed by atoms with van der Waals surface area (Å²) in [5.74, 6) is -0.938. The van der Waals surface area contributed by atoms with Gasteiger partial charge in [-0.3, -0.25) is 46.4 Å². The van der Waals surface area contributed by atoms with Crippen LogP contribution in [0.3, 0.4) is 0 Å². The van der Waals surface area contributed by atoms with Gasteiger partial charge < -0.3 is 39.4 Å². The van der Waals surface area contributed by atoms with Gasteiger partial charge in [-0.15, -0.1) is 0 Å². The normalized spacial score (nSPS) is 29.1. The molecule has 0 spiro atoms. The number of phosphoric acid groups is 2. The predicted octanol–water partition coefficient (Wildman–Crippen LogP) is 3.00. The molecule has 4 aliphatic rings. The van der Waals surface area contributed by atoms with Crippen LogP contribution in [0.5, 0.6) is 0 Å². The van der Waals surface area contributed by atoms with Gasteiger partial charge in [0, 0.05) is 74.6 Å². The molecule has 65 heavy (non-hydrogen) atoms. The number of amides is 2. The Morgan fingerprint density at radius 1 is 0.646 bits per heavy atom. The summed E-state index contributed by atoms with van der Waals surface area (Å²) in [5.41, 5.74) is 1.28. The molecule has 2 unspecified atom stereocenters. The van der Waals surface area contributed by atoms with Crippen molar-refractivity contribution in [1.29, 1.82) is 0 Å². The number of esters is 2. The molecule has 0 saturated carbocycles. The van der Waals surface area contributed by atoms with Crippen LogP contribution < -0.4 is 10.6 Å². The Bertz CT molecular complexity index is 2300. The van der Waals surface area contributed by atoms with Crippen molar-refractivity contribution in [3.05, 3.63) is 25.3 Å². The third kappa shape index (κ3) is 11.9. The molecule has 350 valence electrons. The van der Waals surface area contributed by atoms with Crippen LogP contribution >= 0.6 is 15.6 Å². The molecule has 4 saturated heterocycles. The van der Waals surface area contributed by atoms with Gasteiger partial charge in [0.15, 0.2) is 58.6 Å². The summed E-state index contributed by atoms with van der Waals surface area (Å²) in [6.07, 6.45) is 1.28. The fraction of sp³-hybridized carbons (Fsp3) is 0.611. The largest absolute Gasteiger partial charge is 0.472 e. The molecule has 2 amide bonds. The number of ether oxygens (including phenoxy) is 4. The van der Waals surface area contributed by atoms with E-state index in [1.54, 1.807) is 0 Å². The quantitative estimate of drug-likeness (QED) is 0.0801. The second kappa shape index (κ2) is 22.2. The number of hydrogen-bond donors (Lipinski definition) is 4. The number of imidazole rings is 2. The molecule has 4 aromatic heterocycles. The number of nitrogens with zero attached hydrogens (tertiary/aromatic N) is 8. The molecule has 2 radical (unpaired) electrons. The van der Waals surface area contributed by atoms with Gasteiger partial charge in [0.2, 0.25) is 11.8 Å². The number of phosphoric ester groups is 2. The number of fused-ring (bicyclic) bond motifs is 4. The first-order valence-corrected chi connectivity index (χ1v) is 23.6. The third-order valence-electron chi connectivity index (χ3n) is 10.1. The van der Waals surface area contributed by atoms with Crippen molar-refractivity contribution in [2.75, 3.05) is 23.8 Å². The molecule has 4 N–H and O–H groups in total. The Hall–Kier alpha value is -3.31. The van der Waals surface area contributed by atoms with Gasteiger partial charge in [-0.1, -0.05) is 27.7 Å². The minimum atomic E-state index is -4.30. The number of carbonyl (C=O) groups excluding carboxylic acids is 4. The molecule has 0 aromatic carbocycles. The summed E-state index contributed by atoms with van der Waals surface area (Å²) < 4.78 is 70.2. The fourth-order valence-corrected chi connectivity index (χ4v) is 9.19. The average Bonchev–Trinajstić information content (AvgIpc) is 4.02. The smallest absolute Gasteiger partial charge is 0.455 e. The molecule has 4 aromatic rings.